The number of ketones is 1. The molecule has 1 fully saturated rings. The number of Topliss-reactive ketones (excluding diaryl/α,β-unsaturated/α-hetero) is 1. The molecule has 2 aromatic heterocycles. The lowest BCUT2D eigenvalue weighted by Crippen LogP contribution is -2.31. The molecular weight excluding hydrogens is 546 g/mol. The van der Waals surface area contributed by atoms with Crippen molar-refractivity contribution in [3.63, 3.8) is 0 Å². The molecule has 0 unspecified atom stereocenters. The molecule has 2 aliphatic rings. The van der Waals surface area contributed by atoms with Gasteiger partial charge in [-0.3, -0.25) is 9.59 Å². The fourth-order valence-corrected chi connectivity index (χ4v) is 5.10. The number of fused-ring (bicyclic) bond motifs is 1. The minimum absolute atomic E-state index is 0.0339. The molecule has 2 aromatic carbocycles. The maximum absolute atomic E-state index is 14.0. The molecule has 1 aliphatic carbocycles. The van der Waals surface area contributed by atoms with E-state index in [1.807, 2.05) is 6.07 Å². The van der Waals surface area contributed by atoms with Gasteiger partial charge in [0, 0.05) is 18.1 Å². The fourth-order valence-electron chi connectivity index (χ4n) is 5.10. The predicted molar refractivity (Wildman–Crippen MR) is 150 cm³/mol. The van der Waals surface area contributed by atoms with E-state index in [1.165, 1.54) is 29.2 Å². The average molecular weight is 571 g/mol. The molecule has 1 atom stereocenters. The Labute approximate surface area is 238 Å². The Morgan fingerprint density at radius 1 is 1.07 bits per heavy atom. The topological polar surface area (TPSA) is 132 Å². The summed E-state index contributed by atoms with van der Waals surface area (Å²) in [6.07, 6.45) is 4.79. The molecule has 10 nitrogen and oxygen atoms in total. The monoisotopic (exact) mass is 570 g/mol. The van der Waals surface area contributed by atoms with Gasteiger partial charge in [0.2, 0.25) is 11.6 Å². The molecule has 3 heterocycles. The average Bonchev–Trinajstić information content (AvgIpc) is 3.60. The molecule has 3 amide bonds. The third kappa shape index (κ3) is 4.37. The first-order chi connectivity index (χ1) is 20.0. The lowest BCUT2D eigenvalue weighted by Gasteiger charge is -2.17. The number of carbonyl (C=O) groups excluding carboxylic acids is 3. The minimum Gasteiger partial charge on any atom is -0.433 e. The van der Waals surface area contributed by atoms with Gasteiger partial charge in [0.1, 0.15) is 11.9 Å². The maximum atomic E-state index is 14.0. The highest BCUT2D eigenvalue weighted by molar-refractivity contribution is 6.22. The number of aromatic nitrogens is 3. The van der Waals surface area contributed by atoms with E-state index in [0.717, 1.165) is 33.7 Å². The van der Waals surface area contributed by atoms with Crippen molar-refractivity contribution < 1.29 is 27.9 Å². The number of hydrogen-bond acceptors (Lipinski definition) is 7. The van der Waals surface area contributed by atoms with E-state index in [4.69, 9.17) is 10.5 Å². The second kappa shape index (κ2) is 9.91. The van der Waals surface area contributed by atoms with Crippen LogP contribution in [0.2, 0.25) is 0 Å². The van der Waals surface area contributed by atoms with Gasteiger partial charge >= 0.3 is 6.03 Å². The molecule has 212 valence electrons. The largest absolute Gasteiger partial charge is 0.433 e. The van der Waals surface area contributed by atoms with Crippen molar-refractivity contribution >= 4 is 35.3 Å². The summed E-state index contributed by atoms with van der Waals surface area (Å²) in [6, 6.07) is 7.37. The molecule has 3 N–H and O–H groups in total. The number of rotatable bonds is 6. The van der Waals surface area contributed by atoms with Crippen molar-refractivity contribution in [2.45, 2.75) is 33.2 Å². The smallest absolute Gasteiger partial charge is 0.329 e. The van der Waals surface area contributed by atoms with Crippen LogP contribution in [0.25, 0.3) is 11.8 Å². The third-order valence-electron chi connectivity index (χ3n) is 7.30. The van der Waals surface area contributed by atoms with Crippen molar-refractivity contribution in [1.82, 2.24) is 20.1 Å². The normalized spacial score (nSPS) is 16.0. The Morgan fingerprint density at radius 2 is 1.79 bits per heavy atom. The number of hydrogen-bond donors (Lipinski definition) is 2. The van der Waals surface area contributed by atoms with E-state index in [0.29, 0.717) is 22.5 Å². The number of para-hydroxylation sites is 1. The molecule has 0 spiro atoms. The van der Waals surface area contributed by atoms with Gasteiger partial charge in [-0.05, 0) is 73.4 Å². The number of nitrogens with zero attached hydrogens (tertiary/aromatic N) is 4. The van der Waals surface area contributed by atoms with Crippen LogP contribution in [0.1, 0.15) is 39.5 Å². The number of carbonyl (C=O) groups is 3. The number of imide groups is 1. The molecule has 0 saturated carbocycles. The van der Waals surface area contributed by atoms with E-state index in [9.17, 15) is 23.2 Å². The lowest BCUT2D eigenvalue weighted by molar-refractivity contribution is -0.117. The fraction of sp³-hybridized carbons (Fsp3) is 0.167. The summed E-state index contributed by atoms with van der Waals surface area (Å²) in [5.74, 6) is -2.90. The van der Waals surface area contributed by atoms with Gasteiger partial charge in [-0.1, -0.05) is 6.07 Å². The van der Waals surface area contributed by atoms with E-state index < -0.39 is 29.5 Å². The number of nitrogens with one attached hydrogen (secondary N) is 1. The van der Waals surface area contributed by atoms with Crippen LogP contribution in [0.3, 0.4) is 0 Å². The van der Waals surface area contributed by atoms with Crippen LogP contribution in [0.15, 0.2) is 54.4 Å². The van der Waals surface area contributed by atoms with Crippen molar-refractivity contribution in [1.29, 1.82) is 0 Å². The SMILES string of the molecule is Cc1cc2c(cc1N1C(=O)N[C@@H](C)C1=O)CC(C(=O)c1cnn(-c3cnc(Oc4c(F)cccc4F)cc3C)c1N)=C2. The summed E-state index contributed by atoms with van der Waals surface area (Å²) in [7, 11) is 0. The number of anilines is 2. The zero-order valence-corrected chi connectivity index (χ0v) is 22.7. The number of ether oxygens (including phenoxy) is 1. The highest BCUT2D eigenvalue weighted by atomic mass is 19.1. The molecule has 12 heteroatoms. The number of amides is 3. The first-order valence-corrected chi connectivity index (χ1v) is 13.0. The molecular formula is C30H24F2N6O4. The number of urea groups is 1. The summed E-state index contributed by atoms with van der Waals surface area (Å²) in [5.41, 5.74) is 10.8. The van der Waals surface area contributed by atoms with Crippen molar-refractivity contribution in [3.8, 4) is 17.3 Å². The van der Waals surface area contributed by atoms with E-state index in [-0.39, 0.29) is 35.4 Å². The molecule has 0 radical (unpaired) electrons. The van der Waals surface area contributed by atoms with Crippen LogP contribution in [0.4, 0.5) is 25.1 Å². The molecule has 0 bridgehead atoms. The zero-order valence-electron chi connectivity index (χ0n) is 22.7. The number of halogens is 2. The van der Waals surface area contributed by atoms with E-state index >= 15 is 0 Å². The Bertz CT molecular complexity index is 1840. The highest BCUT2D eigenvalue weighted by Crippen LogP contribution is 2.35. The maximum Gasteiger partial charge on any atom is 0.329 e. The van der Waals surface area contributed by atoms with Crippen LogP contribution in [-0.2, 0) is 11.2 Å². The summed E-state index contributed by atoms with van der Waals surface area (Å²) in [5, 5.41) is 6.90. The predicted octanol–water partition coefficient (Wildman–Crippen LogP) is 4.80. The molecule has 42 heavy (non-hydrogen) atoms. The standard InChI is InChI=1S/C30H24F2N6O4/c1-14-7-17-9-19(10-18(17)11-23(14)37-29(40)16(3)36-30(37)41)26(39)20-12-35-38(28(20)33)24-13-34-25(8-15(24)2)42-27-21(31)5-4-6-22(27)32/h4-9,11-13,16H,10,33H2,1-3H3,(H,36,41)/t16-/m0/s1. The first-order valence-electron chi connectivity index (χ1n) is 13.0. The minimum atomic E-state index is -0.864. The number of aryl methyl sites for hydroxylation is 2. The van der Waals surface area contributed by atoms with Crippen LogP contribution >= 0.6 is 0 Å². The number of nitrogen functional groups attached to an aromatic ring is 1. The van der Waals surface area contributed by atoms with Gasteiger partial charge in [0.15, 0.2) is 17.4 Å². The second-order valence-corrected chi connectivity index (χ2v) is 10.2. The first kappa shape index (κ1) is 26.8. The van der Waals surface area contributed by atoms with E-state index in [1.54, 1.807) is 32.9 Å². The summed E-state index contributed by atoms with van der Waals surface area (Å²) >= 11 is 0. The quantitative estimate of drug-likeness (QED) is 0.251. The van der Waals surface area contributed by atoms with Crippen molar-refractivity contribution in [2.24, 2.45) is 0 Å². The van der Waals surface area contributed by atoms with Crippen LogP contribution in [-0.4, -0.2) is 38.5 Å². The highest BCUT2D eigenvalue weighted by Gasteiger charge is 2.37. The van der Waals surface area contributed by atoms with Crippen molar-refractivity contribution in [2.75, 3.05) is 10.6 Å². The summed E-state index contributed by atoms with van der Waals surface area (Å²) in [4.78, 5) is 43.7. The number of allylic oxidation sites excluding steroid dienone is 1. The zero-order chi connectivity index (χ0) is 29.9. The van der Waals surface area contributed by atoms with Gasteiger partial charge in [-0.2, -0.15) is 5.10 Å². The Balaban J connectivity index is 1.23. The van der Waals surface area contributed by atoms with Gasteiger partial charge < -0.3 is 15.8 Å². The van der Waals surface area contributed by atoms with Crippen LogP contribution < -0.4 is 20.7 Å². The number of nitrogens with two attached hydrogens (primary N) is 1. The molecule has 4 aromatic rings. The number of benzene rings is 2. The number of pyridine rings is 1. The lowest BCUT2D eigenvalue weighted by atomic mass is 10.0. The Morgan fingerprint density at radius 3 is 2.45 bits per heavy atom. The van der Waals surface area contributed by atoms with Gasteiger partial charge in [-0.25, -0.2) is 28.1 Å². The van der Waals surface area contributed by atoms with Crippen LogP contribution in [0.5, 0.6) is 11.6 Å². The molecule has 1 saturated heterocycles. The van der Waals surface area contributed by atoms with Gasteiger partial charge in [0.25, 0.3) is 5.91 Å². The second-order valence-electron chi connectivity index (χ2n) is 10.2. The third-order valence-corrected chi connectivity index (χ3v) is 7.30. The van der Waals surface area contributed by atoms with Crippen LogP contribution in [0, 0.1) is 25.5 Å². The van der Waals surface area contributed by atoms with Gasteiger partial charge in [-0.15, -0.1) is 0 Å². The van der Waals surface area contributed by atoms with Gasteiger partial charge in [0.05, 0.1) is 29.3 Å². The summed E-state index contributed by atoms with van der Waals surface area (Å²) < 4.78 is 34.7. The van der Waals surface area contributed by atoms with E-state index in [2.05, 4.69) is 15.4 Å². The van der Waals surface area contributed by atoms with Crippen molar-refractivity contribution in [3.05, 3.63) is 93.8 Å². The molecule has 1 aliphatic heterocycles. The molecule has 6 rings (SSSR count). The Hall–Kier alpha value is -5.39. The summed E-state index contributed by atoms with van der Waals surface area (Å²) in [6.45, 7) is 5.14. The Kier molecular flexibility index (Phi) is 6.33.